The summed E-state index contributed by atoms with van der Waals surface area (Å²) in [5.41, 5.74) is 0. The van der Waals surface area contributed by atoms with Gasteiger partial charge in [0.25, 0.3) is 0 Å². The Balaban J connectivity index is 3.82. The van der Waals surface area contributed by atoms with Gasteiger partial charge in [0.1, 0.15) is 6.10 Å². The first kappa shape index (κ1) is 14.2. The van der Waals surface area contributed by atoms with Gasteiger partial charge in [0.2, 0.25) is 0 Å². The van der Waals surface area contributed by atoms with Crippen molar-refractivity contribution in [1.82, 2.24) is 5.32 Å². The minimum atomic E-state index is -0.605. The Labute approximate surface area is 90.8 Å². The molecule has 0 aromatic rings. The van der Waals surface area contributed by atoms with E-state index < -0.39 is 12.2 Å². The molecule has 0 fully saturated rings. The van der Waals surface area contributed by atoms with E-state index in [2.05, 4.69) is 5.32 Å². The summed E-state index contributed by atoms with van der Waals surface area (Å²) in [6.07, 6.45) is -1.08. The van der Waals surface area contributed by atoms with Gasteiger partial charge >= 0.3 is 6.09 Å². The van der Waals surface area contributed by atoms with Crippen molar-refractivity contribution in [3.05, 3.63) is 0 Å². The molecule has 15 heavy (non-hydrogen) atoms. The molecule has 0 aromatic heterocycles. The summed E-state index contributed by atoms with van der Waals surface area (Å²) in [6.45, 7) is 7.39. The van der Waals surface area contributed by atoms with Crippen molar-refractivity contribution in [2.75, 3.05) is 13.2 Å². The molecule has 2 N–H and O–H groups in total. The number of hydrogen-bond acceptors (Lipinski definition) is 4. The average molecular weight is 219 g/mol. The Bertz CT molecular complexity index is 182. The van der Waals surface area contributed by atoms with Crippen molar-refractivity contribution in [3.8, 4) is 0 Å². The molecule has 0 saturated heterocycles. The second-order valence-electron chi connectivity index (χ2n) is 3.89. The molecule has 0 aliphatic carbocycles. The van der Waals surface area contributed by atoms with Crippen molar-refractivity contribution in [1.29, 1.82) is 0 Å². The highest BCUT2D eigenvalue weighted by Crippen LogP contribution is 1.97. The summed E-state index contributed by atoms with van der Waals surface area (Å²) in [4.78, 5) is 11.2. The van der Waals surface area contributed by atoms with Crippen LogP contribution >= 0.6 is 0 Å². The predicted octanol–water partition coefficient (Wildman–Crippen LogP) is 0.907. The van der Waals surface area contributed by atoms with Crippen LogP contribution < -0.4 is 5.32 Å². The highest BCUT2D eigenvalue weighted by atomic mass is 16.6. The summed E-state index contributed by atoms with van der Waals surface area (Å²) in [5, 5.41) is 11.5. The highest BCUT2D eigenvalue weighted by Gasteiger charge is 2.14. The molecule has 0 bridgehead atoms. The maximum Gasteiger partial charge on any atom is 0.407 e. The van der Waals surface area contributed by atoms with Crippen molar-refractivity contribution >= 4 is 6.09 Å². The number of amides is 1. The Kier molecular flexibility index (Phi) is 7.07. The number of alkyl carbamates (subject to hydrolysis) is 1. The van der Waals surface area contributed by atoms with Gasteiger partial charge in [-0.3, -0.25) is 0 Å². The Morgan fingerprint density at radius 3 is 2.33 bits per heavy atom. The van der Waals surface area contributed by atoms with Crippen LogP contribution in [0, 0.1) is 0 Å². The maximum atomic E-state index is 11.2. The smallest absolute Gasteiger partial charge is 0.407 e. The third-order valence-electron chi connectivity index (χ3n) is 1.50. The lowest BCUT2D eigenvalue weighted by Gasteiger charge is -2.18. The summed E-state index contributed by atoms with van der Waals surface area (Å²) in [7, 11) is 0. The van der Waals surface area contributed by atoms with E-state index in [0.717, 1.165) is 0 Å². The second kappa shape index (κ2) is 7.48. The zero-order chi connectivity index (χ0) is 11.8. The first-order valence-corrected chi connectivity index (χ1v) is 5.15. The molecule has 0 spiro atoms. The van der Waals surface area contributed by atoms with Crippen LogP contribution in [0.2, 0.25) is 0 Å². The average Bonchev–Trinajstić information content (AvgIpc) is 2.10. The molecule has 0 heterocycles. The monoisotopic (exact) mass is 219 g/mol. The molecular weight excluding hydrogens is 198 g/mol. The first-order chi connectivity index (χ1) is 6.95. The Morgan fingerprint density at radius 1 is 1.33 bits per heavy atom. The number of ether oxygens (including phenoxy) is 2. The maximum absolute atomic E-state index is 11.2. The van der Waals surface area contributed by atoms with Crippen LogP contribution in [0.15, 0.2) is 0 Å². The Morgan fingerprint density at radius 2 is 1.93 bits per heavy atom. The van der Waals surface area contributed by atoms with Gasteiger partial charge < -0.3 is 19.9 Å². The van der Waals surface area contributed by atoms with E-state index in [9.17, 15) is 4.79 Å². The van der Waals surface area contributed by atoms with Crippen LogP contribution in [0.4, 0.5) is 4.79 Å². The van der Waals surface area contributed by atoms with Gasteiger partial charge in [0.15, 0.2) is 0 Å². The molecule has 0 rings (SSSR count). The largest absolute Gasteiger partial charge is 0.441 e. The topological polar surface area (TPSA) is 67.8 Å². The predicted molar refractivity (Wildman–Crippen MR) is 56.7 cm³/mol. The van der Waals surface area contributed by atoms with Gasteiger partial charge in [0.05, 0.1) is 19.3 Å². The second-order valence-corrected chi connectivity index (χ2v) is 3.89. The van der Waals surface area contributed by atoms with Gasteiger partial charge in [-0.05, 0) is 27.7 Å². The van der Waals surface area contributed by atoms with Crippen LogP contribution in [0.5, 0.6) is 0 Å². The lowest BCUT2D eigenvalue weighted by Crippen LogP contribution is -2.37. The third kappa shape index (κ3) is 8.20. The standard InChI is InChI=1S/C10H21NO4/c1-7(2)11-10(13)15-9(5-12)6-14-8(3)4/h7-9,12H,5-6H2,1-4H3,(H,11,13). The zero-order valence-corrected chi connectivity index (χ0v) is 9.82. The van der Waals surface area contributed by atoms with Crippen LogP contribution in [-0.2, 0) is 9.47 Å². The zero-order valence-electron chi connectivity index (χ0n) is 9.82. The SMILES string of the molecule is CC(C)NC(=O)OC(CO)COC(C)C. The van der Waals surface area contributed by atoms with Crippen molar-refractivity contribution in [3.63, 3.8) is 0 Å². The molecule has 1 amide bonds. The van der Waals surface area contributed by atoms with Crippen LogP contribution in [0.25, 0.3) is 0 Å². The fraction of sp³-hybridized carbons (Fsp3) is 0.900. The summed E-state index contributed by atoms with van der Waals surface area (Å²) < 4.78 is 10.2. The summed E-state index contributed by atoms with van der Waals surface area (Å²) in [6, 6.07) is 0.0165. The molecule has 0 aliphatic heterocycles. The molecule has 1 atom stereocenters. The van der Waals surface area contributed by atoms with Crippen LogP contribution in [0.1, 0.15) is 27.7 Å². The molecule has 5 nitrogen and oxygen atoms in total. The van der Waals surface area contributed by atoms with E-state index in [1.54, 1.807) is 0 Å². The van der Waals surface area contributed by atoms with Gasteiger partial charge in [-0.1, -0.05) is 0 Å². The normalized spacial score (nSPS) is 13.0. The van der Waals surface area contributed by atoms with Crippen LogP contribution in [-0.4, -0.2) is 42.7 Å². The number of rotatable bonds is 6. The van der Waals surface area contributed by atoms with E-state index in [-0.39, 0.29) is 25.4 Å². The first-order valence-electron chi connectivity index (χ1n) is 5.15. The third-order valence-corrected chi connectivity index (χ3v) is 1.50. The molecule has 90 valence electrons. The van der Waals surface area contributed by atoms with Gasteiger partial charge in [-0.25, -0.2) is 4.79 Å². The van der Waals surface area contributed by atoms with E-state index in [1.807, 2.05) is 27.7 Å². The number of carbonyl (C=O) groups is 1. The van der Waals surface area contributed by atoms with Gasteiger partial charge in [-0.2, -0.15) is 0 Å². The highest BCUT2D eigenvalue weighted by molar-refractivity contribution is 5.67. The van der Waals surface area contributed by atoms with Crippen molar-refractivity contribution in [2.45, 2.75) is 45.9 Å². The lowest BCUT2D eigenvalue weighted by atomic mass is 10.4. The van der Waals surface area contributed by atoms with Gasteiger partial charge in [0, 0.05) is 6.04 Å². The minimum absolute atomic E-state index is 0.0165. The van der Waals surface area contributed by atoms with E-state index >= 15 is 0 Å². The molecule has 0 radical (unpaired) electrons. The number of aliphatic hydroxyl groups is 1. The molecule has 0 aliphatic rings. The summed E-state index contributed by atoms with van der Waals surface area (Å²) >= 11 is 0. The number of nitrogens with one attached hydrogen (secondary N) is 1. The Hall–Kier alpha value is -0.810. The van der Waals surface area contributed by atoms with Gasteiger partial charge in [-0.15, -0.1) is 0 Å². The molecule has 0 aromatic carbocycles. The minimum Gasteiger partial charge on any atom is -0.441 e. The van der Waals surface area contributed by atoms with E-state index in [4.69, 9.17) is 14.6 Å². The number of hydrogen-bond donors (Lipinski definition) is 2. The number of carbonyl (C=O) groups excluding carboxylic acids is 1. The molecular formula is C10H21NO4. The van der Waals surface area contributed by atoms with Crippen molar-refractivity contribution in [2.24, 2.45) is 0 Å². The fourth-order valence-corrected chi connectivity index (χ4v) is 0.845. The van der Waals surface area contributed by atoms with E-state index in [1.165, 1.54) is 0 Å². The quantitative estimate of drug-likeness (QED) is 0.696. The molecule has 1 unspecified atom stereocenters. The summed E-state index contributed by atoms with van der Waals surface area (Å²) in [5.74, 6) is 0. The lowest BCUT2D eigenvalue weighted by molar-refractivity contribution is -0.0262. The number of aliphatic hydroxyl groups excluding tert-OH is 1. The fourth-order valence-electron chi connectivity index (χ4n) is 0.845. The van der Waals surface area contributed by atoms with E-state index in [0.29, 0.717) is 0 Å². The van der Waals surface area contributed by atoms with Crippen molar-refractivity contribution < 1.29 is 19.4 Å². The molecule has 0 saturated carbocycles. The van der Waals surface area contributed by atoms with Crippen LogP contribution in [0.3, 0.4) is 0 Å². The molecule has 5 heteroatoms.